The fourth-order valence-electron chi connectivity index (χ4n) is 1.79. The second-order valence-electron chi connectivity index (χ2n) is 4.52. The number of Topliss-reactive ketones (excluding diaryl/α,β-unsaturated/α-hetero) is 1. The van der Waals surface area contributed by atoms with E-state index in [4.69, 9.17) is 5.84 Å². The van der Waals surface area contributed by atoms with Crippen LogP contribution in [0.25, 0.3) is 0 Å². The van der Waals surface area contributed by atoms with Gasteiger partial charge in [0.1, 0.15) is 0 Å². The molecule has 0 spiro atoms. The quantitative estimate of drug-likeness (QED) is 0.283. The van der Waals surface area contributed by atoms with Gasteiger partial charge in [-0.3, -0.25) is 15.0 Å². The summed E-state index contributed by atoms with van der Waals surface area (Å²) in [4.78, 5) is 23.4. The van der Waals surface area contributed by atoms with Crippen molar-refractivity contribution in [1.29, 1.82) is 0 Å². The zero-order valence-corrected chi connectivity index (χ0v) is 11.2. The van der Waals surface area contributed by atoms with Gasteiger partial charge in [0.25, 0.3) is 5.91 Å². The monoisotopic (exact) mass is 270 g/mol. The lowest BCUT2D eigenvalue weighted by molar-refractivity contribution is -0.683. The van der Waals surface area contributed by atoms with E-state index in [9.17, 15) is 9.59 Å². The van der Waals surface area contributed by atoms with Crippen LogP contribution in [0.4, 0.5) is 0 Å². The van der Waals surface area contributed by atoms with E-state index >= 15 is 0 Å². The average molecular weight is 270 g/mol. The molecule has 3 N–H and O–H groups in total. The van der Waals surface area contributed by atoms with Crippen LogP contribution in [0.1, 0.15) is 26.3 Å². The van der Waals surface area contributed by atoms with Crippen molar-refractivity contribution in [2.45, 2.75) is 13.5 Å². The number of carbonyl (C=O) groups is 2. The summed E-state index contributed by atoms with van der Waals surface area (Å²) < 4.78 is 1.72. The predicted molar refractivity (Wildman–Crippen MR) is 73.8 cm³/mol. The van der Waals surface area contributed by atoms with Crippen molar-refractivity contribution in [3.63, 3.8) is 0 Å². The van der Waals surface area contributed by atoms with Crippen molar-refractivity contribution in [3.8, 4) is 0 Å². The number of benzene rings is 1. The maximum absolute atomic E-state index is 12.1. The molecule has 0 aliphatic carbocycles. The summed E-state index contributed by atoms with van der Waals surface area (Å²) in [6.07, 6.45) is 3.35. The maximum Gasteiger partial charge on any atom is 0.265 e. The Morgan fingerprint density at radius 3 is 2.20 bits per heavy atom. The Kier molecular flexibility index (Phi) is 4.22. The molecular formula is C15H16N3O2+. The molecule has 0 atom stereocenters. The summed E-state index contributed by atoms with van der Waals surface area (Å²) in [5, 5.41) is 0. The molecule has 0 radical (unpaired) electrons. The normalized spacial score (nSPS) is 10.1. The summed E-state index contributed by atoms with van der Waals surface area (Å²) >= 11 is 0. The molecule has 0 unspecified atom stereocenters. The first-order chi connectivity index (χ1) is 9.60. The van der Waals surface area contributed by atoms with Crippen molar-refractivity contribution in [2.75, 3.05) is 0 Å². The molecule has 2 aromatic rings. The second kappa shape index (κ2) is 6.08. The number of pyridine rings is 1. The van der Waals surface area contributed by atoms with Crippen LogP contribution in [0, 0.1) is 6.92 Å². The van der Waals surface area contributed by atoms with Crippen molar-refractivity contribution < 1.29 is 14.2 Å². The standard InChI is InChI=1S/C15H15N3O2/c1-11-2-4-12(5-3-11)14(19)10-18-8-6-13(7-9-18)15(20)17-16/h2-9,16,20H,10H2,1H3/p+1. The first kappa shape index (κ1) is 13.9. The number of hydrogen-bond acceptors (Lipinski definition) is 3. The van der Waals surface area contributed by atoms with E-state index in [2.05, 4.69) is 5.43 Å². The summed E-state index contributed by atoms with van der Waals surface area (Å²) in [6.45, 7) is 2.21. The lowest BCUT2D eigenvalue weighted by atomic mass is 10.1. The fourth-order valence-corrected chi connectivity index (χ4v) is 1.79. The number of aromatic nitrogens is 1. The zero-order valence-electron chi connectivity index (χ0n) is 11.2. The molecule has 0 bridgehead atoms. The molecule has 1 aromatic carbocycles. The number of ketones is 1. The molecule has 0 saturated carbocycles. The van der Waals surface area contributed by atoms with E-state index in [1.54, 1.807) is 29.1 Å². The molecule has 1 heterocycles. The number of amides is 1. The number of nitrogens with two attached hydrogens (primary N) is 1. The van der Waals surface area contributed by atoms with Crippen LogP contribution in [-0.2, 0) is 6.54 Å². The Morgan fingerprint density at radius 1 is 1.05 bits per heavy atom. The van der Waals surface area contributed by atoms with E-state index in [1.165, 1.54) is 0 Å². The molecule has 5 nitrogen and oxygen atoms in total. The molecule has 0 saturated heterocycles. The third-order valence-electron chi connectivity index (χ3n) is 2.98. The average Bonchev–Trinajstić information content (AvgIpc) is 2.48. The van der Waals surface area contributed by atoms with Gasteiger partial charge in [0.05, 0.1) is 5.56 Å². The highest BCUT2D eigenvalue weighted by molar-refractivity contribution is 5.95. The van der Waals surface area contributed by atoms with Gasteiger partial charge >= 0.3 is 0 Å². The van der Waals surface area contributed by atoms with Gasteiger partial charge in [-0.1, -0.05) is 29.8 Å². The highest BCUT2D eigenvalue weighted by Crippen LogP contribution is 2.04. The minimum Gasteiger partial charge on any atom is -0.290 e. The van der Waals surface area contributed by atoms with E-state index in [0.29, 0.717) is 11.1 Å². The first-order valence-corrected chi connectivity index (χ1v) is 6.20. The summed E-state index contributed by atoms with van der Waals surface area (Å²) in [5.74, 6) is 4.71. The molecule has 5 heteroatoms. The molecule has 102 valence electrons. The maximum atomic E-state index is 12.1. The molecule has 2 rings (SSSR count). The van der Waals surface area contributed by atoms with Gasteiger partial charge in [-0.25, -0.2) is 5.84 Å². The van der Waals surface area contributed by atoms with Gasteiger partial charge in [-0.15, -0.1) is 0 Å². The van der Waals surface area contributed by atoms with Crippen molar-refractivity contribution >= 4 is 11.7 Å². The Labute approximate surface area is 117 Å². The number of nitrogen functional groups attached to an aromatic ring is 1. The van der Waals surface area contributed by atoms with Crippen LogP contribution in [0.15, 0.2) is 48.8 Å². The minimum absolute atomic E-state index is 0.0195. The smallest absolute Gasteiger partial charge is 0.265 e. The van der Waals surface area contributed by atoms with Crippen LogP contribution < -0.4 is 15.8 Å². The molecular weight excluding hydrogens is 254 g/mol. The fraction of sp³-hybridized carbons (Fsp3) is 0.133. The lowest BCUT2D eigenvalue weighted by Crippen LogP contribution is -2.38. The molecule has 20 heavy (non-hydrogen) atoms. The number of nitrogens with zero attached hydrogens (tertiary/aromatic N) is 1. The minimum atomic E-state index is -0.359. The van der Waals surface area contributed by atoms with Crippen molar-refractivity contribution in [1.82, 2.24) is 5.43 Å². The molecule has 0 fully saturated rings. The van der Waals surface area contributed by atoms with Gasteiger partial charge in [0, 0.05) is 17.7 Å². The Bertz CT molecular complexity index is 619. The Hall–Kier alpha value is -2.53. The SMILES string of the molecule is Cc1ccc(C(=O)C[n+]2ccc(C(=O)NN)cc2)cc1. The number of hydrazine groups is 1. The van der Waals surface area contributed by atoms with E-state index in [0.717, 1.165) is 5.56 Å². The van der Waals surface area contributed by atoms with E-state index in [1.807, 2.05) is 31.2 Å². The van der Waals surface area contributed by atoms with Crippen LogP contribution in [-0.4, -0.2) is 11.7 Å². The third kappa shape index (κ3) is 3.27. The highest BCUT2D eigenvalue weighted by atomic mass is 16.2. The van der Waals surface area contributed by atoms with E-state index < -0.39 is 0 Å². The molecule has 0 aliphatic heterocycles. The van der Waals surface area contributed by atoms with Gasteiger partial charge in [-0.2, -0.15) is 4.57 Å². The number of nitrogens with one attached hydrogen (secondary N) is 1. The predicted octanol–water partition coefficient (Wildman–Crippen LogP) is 0.769. The molecule has 0 aliphatic rings. The van der Waals surface area contributed by atoms with Crippen LogP contribution in [0.5, 0.6) is 0 Å². The van der Waals surface area contributed by atoms with E-state index in [-0.39, 0.29) is 18.2 Å². The second-order valence-corrected chi connectivity index (χ2v) is 4.52. The summed E-state index contributed by atoms with van der Waals surface area (Å²) in [6, 6.07) is 10.7. The number of carbonyl (C=O) groups excluding carboxylic acids is 2. The summed E-state index contributed by atoms with van der Waals surface area (Å²) in [5.41, 5.74) is 4.30. The zero-order chi connectivity index (χ0) is 14.5. The van der Waals surface area contributed by atoms with Gasteiger partial charge < -0.3 is 0 Å². The number of aryl methyl sites for hydroxylation is 1. The largest absolute Gasteiger partial charge is 0.290 e. The van der Waals surface area contributed by atoms with Crippen LogP contribution >= 0.6 is 0 Å². The summed E-state index contributed by atoms with van der Waals surface area (Å²) in [7, 11) is 0. The number of hydrogen-bond donors (Lipinski definition) is 2. The van der Waals surface area contributed by atoms with Crippen LogP contribution in [0.3, 0.4) is 0 Å². The van der Waals surface area contributed by atoms with Gasteiger partial charge in [0.15, 0.2) is 12.4 Å². The van der Waals surface area contributed by atoms with Gasteiger partial charge in [0.2, 0.25) is 12.3 Å². The third-order valence-corrected chi connectivity index (χ3v) is 2.98. The van der Waals surface area contributed by atoms with Crippen molar-refractivity contribution in [2.24, 2.45) is 5.84 Å². The van der Waals surface area contributed by atoms with Crippen molar-refractivity contribution in [3.05, 3.63) is 65.5 Å². The first-order valence-electron chi connectivity index (χ1n) is 6.20. The number of rotatable bonds is 4. The molecule has 1 amide bonds. The van der Waals surface area contributed by atoms with Gasteiger partial charge in [-0.05, 0) is 6.92 Å². The Morgan fingerprint density at radius 2 is 1.65 bits per heavy atom. The molecule has 1 aromatic heterocycles. The topological polar surface area (TPSA) is 76.1 Å². The lowest BCUT2D eigenvalue weighted by Gasteiger charge is -2.00. The Balaban J connectivity index is 2.08. The van der Waals surface area contributed by atoms with Crippen LogP contribution in [0.2, 0.25) is 0 Å². The highest BCUT2D eigenvalue weighted by Gasteiger charge is 2.13.